The minimum atomic E-state index is -0.972. The summed E-state index contributed by atoms with van der Waals surface area (Å²) in [6, 6.07) is 18.0. The molecule has 2 aromatic carbocycles. The Bertz CT molecular complexity index is 673. The molecule has 5 nitrogen and oxygen atoms in total. The van der Waals surface area contributed by atoms with Crippen molar-refractivity contribution in [3.63, 3.8) is 0 Å². The lowest BCUT2D eigenvalue weighted by atomic mass is 9.94. The molecule has 1 aliphatic rings. The molecule has 2 unspecified atom stereocenters. The second kappa shape index (κ2) is 7.36. The molecule has 0 saturated carbocycles. The van der Waals surface area contributed by atoms with Crippen molar-refractivity contribution in [1.82, 2.24) is 10.2 Å². The zero-order valence-electron chi connectivity index (χ0n) is 13.7. The number of benzene rings is 2. The Morgan fingerprint density at radius 2 is 1.88 bits per heavy atom. The third-order valence-corrected chi connectivity index (χ3v) is 4.50. The molecular weight excluding hydrogens is 304 g/mol. The van der Waals surface area contributed by atoms with E-state index in [9.17, 15) is 4.79 Å². The first kappa shape index (κ1) is 16.3. The standard InChI is InChI=1S/C19H22N2O3/c1-24-16-9-7-15(8-10-16)17-12-21(13-18(17)20-19(22)23)11-14-5-3-2-4-6-14/h2-10,17-18,20H,11-13H2,1H3,(H,22,23). The lowest BCUT2D eigenvalue weighted by Crippen LogP contribution is -2.38. The first-order chi connectivity index (χ1) is 11.7. The Labute approximate surface area is 141 Å². The predicted octanol–water partition coefficient (Wildman–Crippen LogP) is 2.93. The number of carbonyl (C=O) groups is 1. The minimum absolute atomic E-state index is 0.111. The van der Waals surface area contributed by atoms with E-state index in [1.807, 2.05) is 42.5 Å². The number of carboxylic acid groups (broad SMARTS) is 1. The average Bonchev–Trinajstić information content (AvgIpc) is 2.97. The van der Waals surface area contributed by atoms with Crippen LogP contribution in [0.25, 0.3) is 0 Å². The molecule has 1 saturated heterocycles. The fourth-order valence-electron chi connectivity index (χ4n) is 3.35. The SMILES string of the molecule is COc1ccc(C2CN(Cc3ccccc3)CC2NC(=O)O)cc1. The first-order valence-corrected chi connectivity index (χ1v) is 8.05. The maximum absolute atomic E-state index is 11.1. The summed E-state index contributed by atoms with van der Waals surface area (Å²) in [5.74, 6) is 0.941. The summed E-state index contributed by atoms with van der Waals surface area (Å²) in [6.45, 7) is 2.36. The predicted molar refractivity (Wildman–Crippen MR) is 92.4 cm³/mol. The summed E-state index contributed by atoms with van der Waals surface area (Å²) in [7, 11) is 1.64. The largest absolute Gasteiger partial charge is 0.497 e. The van der Waals surface area contributed by atoms with Crippen LogP contribution in [-0.2, 0) is 6.54 Å². The zero-order valence-corrected chi connectivity index (χ0v) is 13.7. The van der Waals surface area contributed by atoms with E-state index < -0.39 is 6.09 Å². The number of amides is 1. The number of hydrogen-bond acceptors (Lipinski definition) is 3. The van der Waals surface area contributed by atoms with Crippen molar-refractivity contribution < 1.29 is 14.6 Å². The molecule has 2 aromatic rings. The molecule has 126 valence electrons. The van der Waals surface area contributed by atoms with Crippen LogP contribution in [0, 0.1) is 0 Å². The third kappa shape index (κ3) is 3.86. The lowest BCUT2D eigenvalue weighted by Gasteiger charge is -2.18. The molecular formula is C19H22N2O3. The van der Waals surface area contributed by atoms with Crippen LogP contribution in [0.5, 0.6) is 5.75 Å². The highest BCUT2D eigenvalue weighted by Gasteiger charge is 2.34. The summed E-state index contributed by atoms with van der Waals surface area (Å²) in [5.41, 5.74) is 2.37. The fraction of sp³-hybridized carbons (Fsp3) is 0.316. The van der Waals surface area contributed by atoms with Crippen molar-refractivity contribution in [2.24, 2.45) is 0 Å². The molecule has 24 heavy (non-hydrogen) atoms. The van der Waals surface area contributed by atoms with Crippen molar-refractivity contribution in [2.45, 2.75) is 18.5 Å². The molecule has 0 bridgehead atoms. The summed E-state index contributed by atoms with van der Waals surface area (Å²) >= 11 is 0. The van der Waals surface area contributed by atoms with Gasteiger partial charge in [0, 0.05) is 25.6 Å². The Morgan fingerprint density at radius 3 is 2.50 bits per heavy atom. The van der Waals surface area contributed by atoms with Crippen molar-refractivity contribution >= 4 is 6.09 Å². The Hall–Kier alpha value is -2.53. The van der Waals surface area contributed by atoms with E-state index in [4.69, 9.17) is 9.84 Å². The van der Waals surface area contributed by atoms with Crippen molar-refractivity contribution in [3.8, 4) is 5.75 Å². The molecule has 1 fully saturated rings. The van der Waals surface area contributed by atoms with Crippen LogP contribution in [0.3, 0.4) is 0 Å². The third-order valence-electron chi connectivity index (χ3n) is 4.50. The number of nitrogens with zero attached hydrogens (tertiary/aromatic N) is 1. The Balaban J connectivity index is 1.75. The van der Waals surface area contributed by atoms with Gasteiger partial charge in [-0.15, -0.1) is 0 Å². The molecule has 3 rings (SSSR count). The lowest BCUT2D eigenvalue weighted by molar-refractivity contribution is 0.188. The van der Waals surface area contributed by atoms with Crippen molar-refractivity contribution in [3.05, 3.63) is 65.7 Å². The smallest absolute Gasteiger partial charge is 0.404 e. The van der Waals surface area contributed by atoms with E-state index in [2.05, 4.69) is 22.3 Å². The Morgan fingerprint density at radius 1 is 1.17 bits per heavy atom. The number of rotatable bonds is 5. The maximum atomic E-state index is 11.1. The second-order valence-corrected chi connectivity index (χ2v) is 6.12. The summed E-state index contributed by atoms with van der Waals surface area (Å²) in [5, 5.41) is 11.8. The average molecular weight is 326 g/mol. The fourth-order valence-corrected chi connectivity index (χ4v) is 3.35. The number of likely N-dealkylation sites (tertiary alicyclic amines) is 1. The molecule has 1 aliphatic heterocycles. The van der Waals surface area contributed by atoms with Gasteiger partial charge in [0.1, 0.15) is 5.75 Å². The molecule has 2 N–H and O–H groups in total. The van der Waals surface area contributed by atoms with Crippen LogP contribution >= 0.6 is 0 Å². The van der Waals surface area contributed by atoms with Gasteiger partial charge in [-0.25, -0.2) is 4.79 Å². The molecule has 1 amide bonds. The quantitative estimate of drug-likeness (QED) is 0.887. The van der Waals surface area contributed by atoms with Gasteiger partial charge in [-0.3, -0.25) is 4.90 Å². The number of ether oxygens (including phenoxy) is 1. The van der Waals surface area contributed by atoms with E-state index in [0.29, 0.717) is 6.54 Å². The van der Waals surface area contributed by atoms with E-state index in [-0.39, 0.29) is 12.0 Å². The summed E-state index contributed by atoms with van der Waals surface area (Å²) in [6.07, 6.45) is -0.972. The van der Waals surface area contributed by atoms with Crippen LogP contribution in [0.4, 0.5) is 4.79 Å². The van der Waals surface area contributed by atoms with Gasteiger partial charge in [0.25, 0.3) is 0 Å². The molecule has 2 atom stereocenters. The molecule has 0 spiro atoms. The monoisotopic (exact) mass is 326 g/mol. The minimum Gasteiger partial charge on any atom is -0.497 e. The van der Waals surface area contributed by atoms with Gasteiger partial charge in [0.2, 0.25) is 0 Å². The van der Waals surface area contributed by atoms with Gasteiger partial charge in [-0.1, -0.05) is 42.5 Å². The molecule has 0 aromatic heterocycles. The van der Waals surface area contributed by atoms with Crippen LogP contribution in [-0.4, -0.2) is 42.3 Å². The number of methoxy groups -OCH3 is 1. The topological polar surface area (TPSA) is 61.8 Å². The summed E-state index contributed by atoms with van der Waals surface area (Å²) in [4.78, 5) is 13.4. The van der Waals surface area contributed by atoms with Gasteiger partial charge >= 0.3 is 6.09 Å². The van der Waals surface area contributed by atoms with Crippen molar-refractivity contribution in [2.75, 3.05) is 20.2 Å². The van der Waals surface area contributed by atoms with Crippen molar-refractivity contribution in [1.29, 1.82) is 0 Å². The molecule has 5 heteroatoms. The van der Waals surface area contributed by atoms with Gasteiger partial charge < -0.3 is 15.2 Å². The highest BCUT2D eigenvalue weighted by Crippen LogP contribution is 2.30. The number of nitrogens with one attached hydrogen (secondary N) is 1. The van der Waals surface area contributed by atoms with Gasteiger partial charge in [-0.05, 0) is 23.3 Å². The molecule has 0 radical (unpaired) electrons. The highest BCUT2D eigenvalue weighted by atomic mass is 16.5. The van der Waals surface area contributed by atoms with Crippen LogP contribution in [0.15, 0.2) is 54.6 Å². The van der Waals surface area contributed by atoms with Gasteiger partial charge in [0.05, 0.1) is 13.2 Å². The van der Waals surface area contributed by atoms with Gasteiger partial charge in [-0.2, -0.15) is 0 Å². The van der Waals surface area contributed by atoms with Gasteiger partial charge in [0.15, 0.2) is 0 Å². The number of hydrogen-bond donors (Lipinski definition) is 2. The second-order valence-electron chi connectivity index (χ2n) is 6.12. The van der Waals surface area contributed by atoms with E-state index in [0.717, 1.165) is 24.4 Å². The molecule has 1 heterocycles. The van der Waals surface area contributed by atoms with E-state index in [1.165, 1.54) is 5.56 Å². The van der Waals surface area contributed by atoms with Crippen LogP contribution in [0.2, 0.25) is 0 Å². The highest BCUT2D eigenvalue weighted by molar-refractivity contribution is 5.65. The normalized spacial score (nSPS) is 20.7. The summed E-state index contributed by atoms with van der Waals surface area (Å²) < 4.78 is 5.20. The van der Waals surface area contributed by atoms with Crippen LogP contribution < -0.4 is 10.1 Å². The van der Waals surface area contributed by atoms with E-state index in [1.54, 1.807) is 7.11 Å². The maximum Gasteiger partial charge on any atom is 0.404 e. The first-order valence-electron chi connectivity index (χ1n) is 8.05. The molecule has 0 aliphatic carbocycles. The Kier molecular flexibility index (Phi) is 5.01. The van der Waals surface area contributed by atoms with E-state index >= 15 is 0 Å². The zero-order chi connectivity index (χ0) is 16.9. The van der Waals surface area contributed by atoms with Crippen LogP contribution in [0.1, 0.15) is 17.0 Å².